The van der Waals surface area contributed by atoms with Crippen LogP contribution in [0, 0.1) is 11.7 Å². The summed E-state index contributed by atoms with van der Waals surface area (Å²) in [6.45, 7) is 1.99. The summed E-state index contributed by atoms with van der Waals surface area (Å²) in [6.07, 6.45) is -1.57. The van der Waals surface area contributed by atoms with Gasteiger partial charge in [0.15, 0.2) is 0 Å². The molecule has 0 radical (unpaired) electrons. The summed E-state index contributed by atoms with van der Waals surface area (Å²) in [5.74, 6) is -2.40. The normalized spacial score (nSPS) is 19.4. The second-order valence-corrected chi connectivity index (χ2v) is 10.5. The van der Waals surface area contributed by atoms with E-state index in [0.717, 1.165) is 49.0 Å². The van der Waals surface area contributed by atoms with Crippen molar-refractivity contribution < 1.29 is 36.7 Å². The fourth-order valence-electron chi connectivity index (χ4n) is 4.85. The second kappa shape index (κ2) is 11.9. The Balaban J connectivity index is 1.33. The van der Waals surface area contributed by atoms with Gasteiger partial charge in [0.05, 0.1) is 16.0 Å². The van der Waals surface area contributed by atoms with Crippen molar-refractivity contribution in [3.8, 4) is 0 Å². The minimum Gasteiger partial charge on any atom is -0.355 e. The highest BCUT2D eigenvalue weighted by Crippen LogP contribution is 2.37. The maximum atomic E-state index is 13.6. The lowest BCUT2D eigenvalue weighted by molar-refractivity contribution is -0.138. The molecule has 3 aliphatic rings. The third kappa shape index (κ3) is 6.55. The number of hydrogen-bond acceptors (Lipinski definition) is 6. The summed E-state index contributed by atoms with van der Waals surface area (Å²) in [7, 11) is 0. The minimum atomic E-state index is -4.82. The van der Waals surface area contributed by atoms with Gasteiger partial charge in [-0.15, -0.1) is 0 Å². The number of rotatable bonds is 6. The minimum absolute atomic E-state index is 0.00464. The monoisotopic (exact) mass is 556 g/mol. The van der Waals surface area contributed by atoms with E-state index in [4.69, 9.17) is 0 Å². The van der Waals surface area contributed by atoms with Gasteiger partial charge in [-0.3, -0.25) is 24.1 Å². The molecule has 1 aromatic carbocycles. The number of nitrogens with zero attached hydrogens (tertiary/aromatic N) is 2. The molecule has 8 nitrogen and oxygen atoms in total. The molecule has 3 aliphatic heterocycles. The average Bonchev–Trinajstić information content (AvgIpc) is 3.16. The zero-order valence-electron chi connectivity index (χ0n) is 20.5. The van der Waals surface area contributed by atoms with Crippen molar-refractivity contribution in [2.75, 3.05) is 39.3 Å². The van der Waals surface area contributed by atoms with Crippen LogP contribution in [0.4, 0.5) is 22.4 Å². The van der Waals surface area contributed by atoms with Crippen LogP contribution in [0.3, 0.4) is 0 Å². The van der Waals surface area contributed by atoms with Crippen LogP contribution in [0.25, 0.3) is 0 Å². The molecule has 0 aromatic heterocycles. The Morgan fingerprint density at radius 1 is 1.11 bits per heavy atom. The van der Waals surface area contributed by atoms with Gasteiger partial charge >= 0.3 is 6.18 Å². The summed E-state index contributed by atoms with van der Waals surface area (Å²) in [6, 6.07) is 1.76. The predicted octanol–water partition coefficient (Wildman–Crippen LogP) is 3.54. The molecule has 0 unspecified atom stereocenters. The summed E-state index contributed by atoms with van der Waals surface area (Å²) in [5, 5.41) is 5.47. The molecule has 4 amide bonds. The quantitative estimate of drug-likeness (QED) is 0.411. The maximum Gasteiger partial charge on any atom is 0.417 e. The van der Waals surface area contributed by atoms with Crippen molar-refractivity contribution in [1.29, 1.82) is 0 Å². The fourth-order valence-corrected chi connectivity index (χ4v) is 5.83. The molecule has 4 rings (SSSR count). The third-order valence-electron chi connectivity index (χ3n) is 6.98. The molecule has 2 N–H and O–H groups in total. The maximum absolute atomic E-state index is 13.6. The lowest BCUT2D eigenvalue weighted by Crippen LogP contribution is -2.41. The zero-order chi connectivity index (χ0) is 27.4. The van der Waals surface area contributed by atoms with Crippen molar-refractivity contribution in [3.63, 3.8) is 0 Å². The van der Waals surface area contributed by atoms with Crippen molar-refractivity contribution in [1.82, 2.24) is 20.4 Å². The Morgan fingerprint density at radius 3 is 2.45 bits per heavy atom. The van der Waals surface area contributed by atoms with E-state index < -0.39 is 52.6 Å². The van der Waals surface area contributed by atoms with Crippen LogP contribution < -0.4 is 10.6 Å². The van der Waals surface area contributed by atoms with Crippen LogP contribution in [0.15, 0.2) is 28.7 Å². The molecule has 0 saturated carbocycles. The van der Waals surface area contributed by atoms with E-state index in [0.29, 0.717) is 36.2 Å². The Morgan fingerprint density at radius 2 is 1.79 bits per heavy atom. The third-order valence-corrected chi connectivity index (χ3v) is 8.04. The predicted molar refractivity (Wildman–Crippen MR) is 131 cm³/mol. The van der Waals surface area contributed by atoms with Gasteiger partial charge in [-0.25, -0.2) is 4.39 Å². The van der Waals surface area contributed by atoms with E-state index in [1.165, 1.54) is 4.90 Å². The molecule has 13 heteroatoms. The van der Waals surface area contributed by atoms with Crippen molar-refractivity contribution in [2.45, 2.75) is 38.3 Å². The number of halogens is 4. The highest BCUT2D eigenvalue weighted by atomic mass is 32.2. The van der Waals surface area contributed by atoms with Crippen molar-refractivity contribution >= 4 is 34.7 Å². The van der Waals surface area contributed by atoms with Gasteiger partial charge in [0, 0.05) is 19.6 Å². The molecular formula is C25H28F4N4O4S. The van der Waals surface area contributed by atoms with Gasteiger partial charge < -0.3 is 15.5 Å². The van der Waals surface area contributed by atoms with Gasteiger partial charge in [-0.05, 0) is 86.6 Å². The molecular weight excluding hydrogens is 528 g/mol. The zero-order valence-corrected chi connectivity index (χ0v) is 21.4. The number of alkyl halides is 3. The number of thioether (sulfide) groups is 1. The Bertz CT molecular complexity index is 1140. The average molecular weight is 557 g/mol. The summed E-state index contributed by atoms with van der Waals surface area (Å²) in [4.78, 5) is 52.7. The summed E-state index contributed by atoms with van der Waals surface area (Å²) < 4.78 is 53.6. The molecule has 38 heavy (non-hydrogen) atoms. The first-order chi connectivity index (χ1) is 18.0. The number of carbonyl (C=O) groups is 4. The van der Waals surface area contributed by atoms with E-state index in [2.05, 4.69) is 10.6 Å². The number of benzene rings is 1. The van der Waals surface area contributed by atoms with E-state index in [1.807, 2.05) is 0 Å². The van der Waals surface area contributed by atoms with Gasteiger partial charge in [0.1, 0.15) is 12.4 Å². The van der Waals surface area contributed by atoms with E-state index in [9.17, 15) is 36.7 Å². The van der Waals surface area contributed by atoms with Crippen LogP contribution in [-0.2, 0) is 15.8 Å². The van der Waals surface area contributed by atoms with E-state index in [-0.39, 0.29) is 30.8 Å². The molecule has 206 valence electrons. The number of piperidine rings is 2. The lowest BCUT2D eigenvalue weighted by atomic mass is 9.95. The molecule has 0 spiro atoms. The molecule has 1 aromatic rings. The first-order valence-corrected chi connectivity index (χ1v) is 13.3. The summed E-state index contributed by atoms with van der Waals surface area (Å²) >= 11 is 0.719. The highest BCUT2D eigenvalue weighted by Gasteiger charge is 2.40. The molecule has 3 fully saturated rings. The smallest absolute Gasteiger partial charge is 0.355 e. The van der Waals surface area contributed by atoms with Crippen molar-refractivity contribution in [3.05, 3.63) is 45.6 Å². The van der Waals surface area contributed by atoms with Gasteiger partial charge in [0.2, 0.25) is 5.91 Å². The van der Waals surface area contributed by atoms with Gasteiger partial charge in [-0.2, -0.15) is 13.2 Å². The SMILES string of the molecule is O=C(CN1C(=O)SC(=C2CCN(C(=O)c3cc(F)ccc3C(F)(F)F)CC2)C1=O)NCCC1CCNCC1. The largest absolute Gasteiger partial charge is 0.417 e. The first kappa shape index (κ1) is 28.1. The number of carbonyl (C=O) groups excluding carboxylic acids is 4. The first-order valence-electron chi connectivity index (χ1n) is 12.4. The van der Waals surface area contributed by atoms with E-state index in [1.54, 1.807) is 0 Å². The fraction of sp³-hybridized carbons (Fsp3) is 0.520. The van der Waals surface area contributed by atoms with E-state index >= 15 is 0 Å². The molecule has 3 saturated heterocycles. The number of nitrogens with one attached hydrogen (secondary N) is 2. The molecule has 0 aliphatic carbocycles. The highest BCUT2D eigenvalue weighted by molar-refractivity contribution is 8.18. The lowest BCUT2D eigenvalue weighted by Gasteiger charge is -2.30. The van der Waals surface area contributed by atoms with Crippen LogP contribution >= 0.6 is 11.8 Å². The molecule has 3 heterocycles. The number of likely N-dealkylation sites (tertiary alicyclic amines) is 1. The Kier molecular flexibility index (Phi) is 8.76. The van der Waals surface area contributed by atoms with Crippen LogP contribution in [0.1, 0.15) is 48.0 Å². The van der Waals surface area contributed by atoms with Crippen LogP contribution in [0.5, 0.6) is 0 Å². The second-order valence-electron chi connectivity index (χ2n) is 9.50. The van der Waals surface area contributed by atoms with Gasteiger partial charge in [0.25, 0.3) is 17.1 Å². The number of imide groups is 1. The number of amides is 4. The van der Waals surface area contributed by atoms with Crippen LogP contribution in [-0.4, -0.2) is 72.0 Å². The van der Waals surface area contributed by atoms with Crippen LogP contribution in [0.2, 0.25) is 0 Å². The molecule has 0 atom stereocenters. The van der Waals surface area contributed by atoms with Gasteiger partial charge in [-0.1, -0.05) is 0 Å². The number of hydrogen-bond donors (Lipinski definition) is 2. The summed E-state index contributed by atoms with van der Waals surface area (Å²) in [5.41, 5.74) is -1.39. The Labute approximate surface area is 221 Å². The standard InChI is InChI=1S/C25H28F4N4O4S/c26-17-1-2-19(25(27,28)29)18(13-17)22(35)32-11-6-16(7-12-32)21-23(36)33(24(37)38-21)14-20(34)31-10-5-15-3-8-30-9-4-15/h1-2,13,15,30H,3-12,14H2,(H,31,34). The Hall–Kier alpha value is -2.93. The van der Waals surface area contributed by atoms with Crippen molar-refractivity contribution in [2.24, 2.45) is 5.92 Å². The topological polar surface area (TPSA) is 98.8 Å². The molecule has 0 bridgehead atoms.